The first-order chi connectivity index (χ1) is 7.75. The highest BCUT2D eigenvalue weighted by atomic mass is 19.4. The maximum absolute atomic E-state index is 12.5. The molecule has 17 heavy (non-hydrogen) atoms. The van der Waals surface area contributed by atoms with E-state index in [4.69, 9.17) is 5.26 Å². The van der Waals surface area contributed by atoms with Gasteiger partial charge < -0.3 is 4.90 Å². The van der Waals surface area contributed by atoms with Crippen molar-refractivity contribution in [1.29, 1.82) is 5.26 Å². The van der Waals surface area contributed by atoms with Gasteiger partial charge in [-0.3, -0.25) is 4.90 Å². The molecule has 0 spiro atoms. The van der Waals surface area contributed by atoms with Crippen molar-refractivity contribution in [2.75, 3.05) is 33.7 Å². The first-order valence-corrected chi connectivity index (χ1v) is 5.60. The lowest BCUT2D eigenvalue weighted by atomic mass is 10.1. The second-order valence-corrected chi connectivity index (χ2v) is 4.95. The lowest BCUT2D eigenvalue weighted by molar-refractivity contribution is -0.162. The summed E-state index contributed by atoms with van der Waals surface area (Å²) in [6.07, 6.45) is -4.42. The molecule has 0 aliphatic carbocycles. The van der Waals surface area contributed by atoms with Crippen molar-refractivity contribution < 1.29 is 13.2 Å². The number of likely N-dealkylation sites (N-methyl/N-ethyl adjacent to an activating group) is 1. The summed E-state index contributed by atoms with van der Waals surface area (Å²) in [6.45, 7) is 3.04. The van der Waals surface area contributed by atoms with Gasteiger partial charge in [0.15, 0.2) is 5.92 Å². The summed E-state index contributed by atoms with van der Waals surface area (Å²) in [5.74, 6) is -1.55. The van der Waals surface area contributed by atoms with Crippen LogP contribution in [0.4, 0.5) is 13.2 Å². The number of nitriles is 1. The van der Waals surface area contributed by atoms with Gasteiger partial charge in [0.25, 0.3) is 0 Å². The van der Waals surface area contributed by atoms with E-state index in [9.17, 15) is 13.2 Å². The monoisotopic (exact) mass is 249 g/mol. The molecule has 0 aromatic carbocycles. The Morgan fingerprint density at radius 2 is 2.00 bits per heavy atom. The largest absolute Gasteiger partial charge is 0.405 e. The van der Waals surface area contributed by atoms with Crippen molar-refractivity contribution in [3.8, 4) is 6.07 Å². The number of alkyl halides is 3. The number of likely N-dealkylation sites (tertiary alicyclic amines) is 1. The molecule has 0 N–H and O–H groups in total. The number of hydrogen-bond acceptors (Lipinski definition) is 3. The van der Waals surface area contributed by atoms with Crippen molar-refractivity contribution in [3.05, 3.63) is 0 Å². The fraction of sp³-hybridized carbons (Fsp3) is 0.909. The molecule has 0 bridgehead atoms. The molecule has 1 heterocycles. The Labute approximate surface area is 99.8 Å². The van der Waals surface area contributed by atoms with Gasteiger partial charge in [-0.15, -0.1) is 0 Å². The summed E-state index contributed by atoms with van der Waals surface area (Å²) in [6, 6.07) is 1.61. The van der Waals surface area contributed by atoms with Crippen LogP contribution >= 0.6 is 0 Å². The van der Waals surface area contributed by atoms with Gasteiger partial charge in [0.1, 0.15) is 0 Å². The quantitative estimate of drug-likeness (QED) is 0.760. The molecule has 1 aliphatic rings. The Kier molecular flexibility index (Phi) is 4.39. The van der Waals surface area contributed by atoms with Crippen molar-refractivity contribution in [1.82, 2.24) is 9.80 Å². The van der Waals surface area contributed by atoms with Crippen LogP contribution in [-0.4, -0.2) is 55.7 Å². The van der Waals surface area contributed by atoms with E-state index in [0.29, 0.717) is 19.0 Å². The SMILES string of the molecule is CC1CN(CC(C#N)C(F)(F)F)CC1N(C)C. The van der Waals surface area contributed by atoms with Crippen LogP contribution in [0.2, 0.25) is 0 Å². The topological polar surface area (TPSA) is 30.3 Å². The Morgan fingerprint density at radius 1 is 1.41 bits per heavy atom. The molecular weight excluding hydrogens is 231 g/mol. The van der Waals surface area contributed by atoms with E-state index in [0.717, 1.165) is 0 Å². The lowest BCUT2D eigenvalue weighted by Crippen LogP contribution is -2.37. The number of halogens is 3. The molecule has 6 heteroatoms. The minimum atomic E-state index is -4.42. The van der Waals surface area contributed by atoms with Crippen LogP contribution in [0.5, 0.6) is 0 Å². The molecule has 0 radical (unpaired) electrons. The molecule has 3 nitrogen and oxygen atoms in total. The highest BCUT2D eigenvalue weighted by molar-refractivity contribution is 4.94. The Balaban J connectivity index is 2.58. The third-order valence-electron chi connectivity index (χ3n) is 3.30. The second-order valence-electron chi connectivity index (χ2n) is 4.95. The normalized spacial score (nSPS) is 28.4. The Bertz CT molecular complexity index is 295. The molecule has 1 aliphatic heterocycles. The van der Waals surface area contributed by atoms with Crippen molar-refractivity contribution in [2.45, 2.75) is 19.1 Å². The third-order valence-corrected chi connectivity index (χ3v) is 3.30. The van der Waals surface area contributed by atoms with Gasteiger partial charge in [-0.25, -0.2) is 0 Å². The van der Waals surface area contributed by atoms with Crippen molar-refractivity contribution >= 4 is 0 Å². The van der Waals surface area contributed by atoms with Gasteiger partial charge in [-0.05, 0) is 20.0 Å². The first-order valence-electron chi connectivity index (χ1n) is 5.60. The maximum atomic E-state index is 12.5. The van der Waals surface area contributed by atoms with E-state index < -0.39 is 12.1 Å². The second kappa shape index (κ2) is 5.23. The van der Waals surface area contributed by atoms with E-state index in [-0.39, 0.29) is 12.6 Å². The molecule has 98 valence electrons. The molecule has 0 aromatic rings. The zero-order valence-electron chi connectivity index (χ0n) is 10.3. The van der Waals surface area contributed by atoms with Crippen LogP contribution in [0.25, 0.3) is 0 Å². The van der Waals surface area contributed by atoms with Crippen LogP contribution in [0.15, 0.2) is 0 Å². The molecule has 1 saturated heterocycles. The number of rotatable bonds is 3. The van der Waals surface area contributed by atoms with E-state index in [2.05, 4.69) is 0 Å². The van der Waals surface area contributed by atoms with Crippen LogP contribution in [0, 0.1) is 23.2 Å². The fourth-order valence-electron chi connectivity index (χ4n) is 2.35. The van der Waals surface area contributed by atoms with E-state index in [1.165, 1.54) is 6.07 Å². The summed E-state index contributed by atoms with van der Waals surface area (Å²) in [5, 5.41) is 8.56. The van der Waals surface area contributed by atoms with Crippen LogP contribution in [0.3, 0.4) is 0 Å². The molecular formula is C11H18F3N3. The summed E-state index contributed by atoms with van der Waals surface area (Å²) < 4.78 is 37.4. The van der Waals surface area contributed by atoms with Gasteiger partial charge >= 0.3 is 6.18 Å². The molecule has 0 amide bonds. The summed E-state index contributed by atoms with van der Waals surface area (Å²) >= 11 is 0. The van der Waals surface area contributed by atoms with E-state index in [1.807, 2.05) is 25.9 Å². The standard InChI is InChI=1S/C11H18F3N3/c1-8-5-17(7-10(8)16(2)3)6-9(4-15)11(12,13)14/h8-10H,5-7H2,1-3H3. The first kappa shape index (κ1) is 14.3. The highest BCUT2D eigenvalue weighted by Crippen LogP contribution is 2.28. The van der Waals surface area contributed by atoms with Gasteiger partial charge in [0.2, 0.25) is 0 Å². The van der Waals surface area contributed by atoms with Crippen molar-refractivity contribution in [3.63, 3.8) is 0 Å². The summed E-state index contributed by atoms with van der Waals surface area (Å²) in [4.78, 5) is 3.76. The van der Waals surface area contributed by atoms with Gasteiger partial charge in [-0.2, -0.15) is 18.4 Å². The third kappa shape index (κ3) is 3.58. The highest BCUT2D eigenvalue weighted by Gasteiger charge is 2.42. The van der Waals surface area contributed by atoms with Crippen molar-refractivity contribution in [2.24, 2.45) is 11.8 Å². The minimum absolute atomic E-state index is 0.214. The zero-order valence-corrected chi connectivity index (χ0v) is 10.3. The molecule has 1 fully saturated rings. The maximum Gasteiger partial charge on any atom is 0.405 e. The van der Waals surface area contributed by atoms with E-state index in [1.54, 1.807) is 4.90 Å². The summed E-state index contributed by atoms with van der Waals surface area (Å²) in [7, 11) is 3.85. The average Bonchev–Trinajstić information content (AvgIpc) is 2.54. The van der Waals surface area contributed by atoms with Gasteiger partial charge in [0, 0.05) is 25.7 Å². The minimum Gasteiger partial charge on any atom is -0.305 e. The summed E-state index contributed by atoms with van der Waals surface area (Å²) in [5.41, 5.74) is 0. The molecule has 3 unspecified atom stereocenters. The predicted molar refractivity (Wildman–Crippen MR) is 58.2 cm³/mol. The zero-order chi connectivity index (χ0) is 13.2. The van der Waals surface area contributed by atoms with Gasteiger partial charge in [0.05, 0.1) is 6.07 Å². The molecule has 0 saturated carbocycles. The fourth-order valence-corrected chi connectivity index (χ4v) is 2.35. The van der Waals surface area contributed by atoms with E-state index >= 15 is 0 Å². The molecule has 3 atom stereocenters. The number of hydrogen-bond donors (Lipinski definition) is 0. The average molecular weight is 249 g/mol. The van der Waals surface area contributed by atoms with Crippen LogP contribution in [0.1, 0.15) is 6.92 Å². The van der Waals surface area contributed by atoms with Gasteiger partial charge in [-0.1, -0.05) is 6.92 Å². The van der Waals surface area contributed by atoms with Crippen LogP contribution < -0.4 is 0 Å². The molecule has 0 aromatic heterocycles. The van der Waals surface area contributed by atoms with Crippen LogP contribution in [-0.2, 0) is 0 Å². The Morgan fingerprint density at radius 3 is 2.35 bits per heavy atom. The molecule has 1 rings (SSSR count). The smallest absolute Gasteiger partial charge is 0.305 e. The lowest BCUT2D eigenvalue weighted by Gasteiger charge is -2.23. The Hall–Kier alpha value is -0.800. The number of nitrogens with zero attached hydrogens (tertiary/aromatic N) is 3. The predicted octanol–water partition coefficient (Wildman–Crippen LogP) is 1.57.